The highest BCUT2D eigenvalue weighted by atomic mass is 14.9. The van der Waals surface area contributed by atoms with Gasteiger partial charge in [-0.05, 0) is 56.5 Å². The fourth-order valence-corrected chi connectivity index (χ4v) is 2.42. The summed E-state index contributed by atoms with van der Waals surface area (Å²) in [5.74, 6) is 0. The van der Waals surface area contributed by atoms with E-state index in [1.807, 2.05) is 12.3 Å². The number of rotatable bonds is 6. The number of aromatic nitrogens is 1. The van der Waals surface area contributed by atoms with Crippen LogP contribution < -0.4 is 5.32 Å². The van der Waals surface area contributed by atoms with Gasteiger partial charge in [0.2, 0.25) is 0 Å². The van der Waals surface area contributed by atoms with Crippen LogP contribution in [0.15, 0.2) is 42.6 Å². The Bertz CT molecular complexity index is 549. The van der Waals surface area contributed by atoms with E-state index in [1.165, 1.54) is 16.7 Å². The number of hydrogen-bond donors (Lipinski definition) is 1. The Hall–Kier alpha value is -1.67. The number of pyridine rings is 1. The van der Waals surface area contributed by atoms with Gasteiger partial charge in [-0.2, -0.15) is 0 Å². The molecule has 0 bridgehead atoms. The highest BCUT2D eigenvalue weighted by Crippen LogP contribution is 2.18. The van der Waals surface area contributed by atoms with Gasteiger partial charge < -0.3 is 5.32 Å². The molecule has 0 radical (unpaired) electrons. The average Bonchev–Trinajstić information content (AvgIpc) is 2.43. The van der Waals surface area contributed by atoms with Crippen molar-refractivity contribution in [3.05, 3.63) is 65.0 Å². The van der Waals surface area contributed by atoms with Gasteiger partial charge >= 0.3 is 0 Å². The highest BCUT2D eigenvalue weighted by molar-refractivity contribution is 5.25. The van der Waals surface area contributed by atoms with Crippen LogP contribution in [0, 0.1) is 13.8 Å². The standard InChI is InChI=1S/C18H24N2/c1-4-9-19-18(17-12-15(3)8-10-20-17)13-16-7-5-6-14(2)11-16/h5-8,10-12,18-19H,4,9,13H2,1-3H3. The molecule has 1 unspecified atom stereocenters. The fraction of sp³-hybridized carbons (Fsp3) is 0.389. The Morgan fingerprint density at radius 3 is 2.60 bits per heavy atom. The highest BCUT2D eigenvalue weighted by Gasteiger charge is 2.13. The van der Waals surface area contributed by atoms with E-state index in [0.29, 0.717) is 0 Å². The summed E-state index contributed by atoms with van der Waals surface area (Å²) < 4.78 is 0. The summed E-state index contributed by atoms with van der Waals surface area (Å²) in [6, 6.07) is 13.3. The molecule has 2 nitrogen and oxygen atoms in total. The van der Waals surface area contributed by atoms with E-state index < -0.39 is 0 Å². The lowest BCUT2D eigenvalue weighted by Crippen LogP contribution is -2.25. The topological polar surface area (TPSA) is 24.9 Å². The van der Waals surface area contributed by atoms with Crippen LogP contribution in [0.4, 0.5) is 0 Å². The number of nitrogens with zero attached hydrogens (tertiary/aromatic N) is 1. The molecule has 0 aliphatic rings. The molecule has 1 N–H and O–H groups in total. The van der Waals surface area contributed by atoms with Gasteiger partial charge in [-0.25, -0.2) is 0 Å². The number of nitrogens with one attached hydrogen (secondary N) is 1. The zero-order valence-corrected chi connectivity index (χ0v) is 12.7. The van der Waals surface area contributed by atoms with E-state index in [2.05, 4.69) is 61.4 Å². The van der Waals surface area contributed by atoms with E-state index in [4.69, 9.17) is 0 Å². The second-order valence-corrected chi connectivity index (χ2v) is 5.46. The van der Waals surface area contributed by atoms with Crippen LogP contribution in [0.3, 0.4) is 0 Å². The molecule has 1 atom stereocenters. The summed E-state index contributed by atoms with van der Waals surface area (Å²) in [5, 5.41) is 3.62. The first-order valence-electron chi connectivity index (χ1n) is 7.40. The molecular weight excluding hydrogens is 244 g/mol. The molecule has 0 aliphatic heterocycles. The molecule has 0 spiro atoms. The normalized spacial score (nSPS) is 12.3. The summed E-state index contributed by atoms with van der Waals surface area (Å²) in [7, 11) is 0. The zero-order chi connectivity index (χ0) is 14.4. The first-order valence-corrected chi connectivity index (χ1v) is 7.40. The van der Waals surface area contributed by atoms with Crippen molar-refractivity contribution in [3.63, 3.8) is 0 Å². The quantitative estimate of drug-likeness (QED) is 0.857. The predicted octanol–water partition coefficient (Wildman–Crippen LogP) is 3.98. The molecule has 2 heteroatoms. The fourth-order valence-electron chi connectivity index (χ4n) is 2.42. The molecule has 0 aliphatic carbocycles. The number of hydrogen-bond acceptors (Lipinski definition) is 2. The van der Waals surface area contributed by atoms with Gasteiger partial charge in [0.05, 0.1) is 11.7 Å². The van der Waals surface area contributed by atoms with Crippen molar-refractivity contribution in [1.29, 1.82) is 0 Å². The molecule has 0 saturated heterocycles. The Morgan fingerprint density at radius 2 is 1.90 bits per heavy atom. The third-order valence-corrected chi connectivity index (χ3v) is 3.46. The van der Waals surface area contributed by atoms with Crippen LogP contribution in [0.5, 0.6) is 0 Å². The molecule has 20 heavy (non-hydrogen) atoms. The Labute approximate surface area is 122 Å². The van der Waals surface area contributed by atoms with Gasteiger partial charge in [0.15, 0.2) is 0 Å². The van der Waals surface area contributed by atoms with Crippen molar-refractivity contribution in [2.45, 2.75) is 39.7 Å². The lowest BCUT2D eigenvalue weighted by atomic mass is 10.0. The van der Waals surface area contributed by atoms with Gasteiger partial charge in [-0.15, -0.1) is 0 Å². The molecule has 1 heterocycles. The van der Waals surface area contributed by atoms with Crippen LogP contribution in [-0.2, 0) is 6.42 Å². The van der Waals surface area contributed by atoms with E-state index in [-0.39, 0.29) is 6.04 Å². The molecule has 2 rings (SSSR count). The second-order valence-electron chi connectivity index (χ2n) is 5.46. The molecular formula is C18H24N2. The van der Waals surface area contributed by atoms with Crippen LogP contribution in [0.25, 0.3) is 0 Å². The molecule has 0 amide bonds. The zero-order valence-electron chi connectivity index (χ0n) is 12.7. The smallest absolute Gasteiger partial charge is 0.0579 e. The summed E-state index contributed by atoms with van der Waals surface area (Å²) >= 11 is 0. The monoisotopic (exact) mass is 268 g/mol. The van der Waals surface area contributed by atoms with Gasteiger partial charge in [0.25, 0.3) is 0 Å². The van der Waals surface area contributed by atoms with Crippen LogP contribution in [0.2, 0.25) is 0 Å². The largest absolute Gasteiger partial charge is 0.308 e. The first kappa shape index (κ1) is 14.7. The van der Waals surface area contributed by atoms with Crippen molar-refractivity contribution >= 4 is 0 Å². The van der Waals surface area contributed by atoms with Crippen LogP contribution in [0.1, 0.15) is 41.8 Å². The average molecular weight is 268 g/mol. The summed E-state index contributed by atoms with van der Waals surface area (Å²) in [5.41, 5.74) is 5.08. The minimum absolute atomic E-state index is 0.289. The summed E-state index contributed by atoms with van der Waals surface area (Å²) in [4.78, 5) is 4.55. The van der Waals surface area contributed by atoms with Crippen molar-refractivity contribution in [1.82, 2.24) is 10.3 Å². The Morgan fingerprint density at radius 1 is 1.10 bits per heavy atom. The predicted molar refractivity (Wildman–Crippen MR) is 84.9 cm³/mol. The molecule has 1 aromatic carbocycles. The van der Waals surface area contributed by atoms with E-state index in [0.717, 1.165) is 25.1 Å². The maximum absolute atomic E-state index is 4.55. The Kier molecular flexibility index (Phi) is 5.31. The minimum atomic E-state index is 0.289. The van der Waals surface area contributed by atoms with Gasteiger partial charge in [0.1, 0.15) is 0 Å². The van der Waals surface area contributed by atoms with Crippen molar-refractivity contribution in [2.24, 2.45) is 0 Å². The van der Waals surface area contributed by atoms with Crippen LogP contribution in [-0.4, -0.2) is 11.5 Å². The van der Waals surface area contributed by atoms with Crippen LogP contribution >= 0.6 is 0 Å². The summed E-state index contributed by atoms with van der Waals surface area (Å²) in [6.45, 7) is 7.48. The van der Waals surface area contributed by atoms with E-state index in [1.54, 1.807) is 0 Å². The van der Waals surface area contributed by atoms with Crippen molar-refractivity contribution in [2.75, 3.05) is 6.54 Å². The molecule has 106 valence electrons. The lowest BCUT2D eigenvalue weighted by molar-refractivity contribution is 0.517. The van der Waals surface area contributed by atoms with E-state index in [9.17, 15) is 0 Å². The maximum atomic E-state index is 4.55. The summed E-state index contributed by atoms with van der Waals surface area (Å²) in [6.07, 6.45) is 4.02. The number of benzene rings is 1. The minimum Gasteiger partial charge on any atom is -0.308 e. The third-order valence-electron chi connectivity index (χ3n) is 3.46. The lowest BCUT2D eigenvalue weighted by Gasteiger charge is -2.19. The second kappa shape index (κ2) is 7.20. The van der Waals surface area contributed by atoms with Gasteiger partial charge in [0, 0.05) is 6.20 Å². The maximum Gasteiger partial charge on any atom is 0.0579 e. The molecule has 2 aromatic rings. The van der Waals surface area contributed by atoms with Gasteiger partial charge in [-0.1, -0.05) is 36.8 Å². The van der Waals surface area contributed by atoms with Crippen molar-refractivity contribution in [3.8, 4) is 0 Å². The van der Waals surface area contributed by atoms with Gasteiger partial charge in [-0.3, -0.25) is 4.98 Å². The Balaban J connectivity index is 2.19. The molecule has 0 saturated carbocycles. The SMILES string of the molecule is CCCNC(Cc1cccc(C)c1)c1cc(C)ccn1. The molecule has 1 aromatic heterocycles. The first-order chi connectivity index (χ1) is 9.69. The number of aryl methyl sites for hydroxylation is 2. The third kappa shape index (κ3) is 4.17. The van der Waals surface area contributed by atoms with Crippen molar-refractivity contribution < 1.29 is 0 Å². The molecule has 0 fully saturated rings. The van der Waals surface area contributed by atoms with E-state index >= 15 is 0 Å².